The molecular weight excluding hydrogens is 426 g/mol. The van der Waals surface area contributed by atoms with Gasteiger partial charge in [-0.05, 0) is 33.6 Å². The Bertz CT molecular complexity index is 1210. The molecule has 1 fully saturated rings. The quantitative estimate of drug-likeness (QED) is 0.363. The molecular formula is C23H25N5O3S. The number of aromatic nitrogens is 5. The van der Waals surface area contributed by atoms with Crippen molar-refractivity contribution in [2.45, 2.75) is 57.2 Å². The highest BCUT2D eigenvalue weighted by Gasteiger charge is 2.23. The van der Waals surface area contributed by atoms with Crippen LogP contribution in [0.5, 0.6) is 0 Å². The van der Waals surface area contributed by atoms with Crippen molar-refractivity contribution in [2.75, 3.05) is 6.61 Å². The van der Waals surface area contributed by atoms with Crippen molar-refractivity contribution < 1.29 is 13.7 Å². The molecule has 0 amide bonds. The third kappa shape index (κ3) is 4.10. The summed E-state index contributed by atoms with van der Waals surface area (Å²) in [6.45, 7) is 7.66. The van der Waals surface area contributed by atoms with Crippen LogP contribution in [-0.4, -0.2) is 37.6 Å². The summed E-state index contributed by atoms with van der Waals surface area (Å²) in [5, 5.41) is 13.7. The lowest BCUT2D eigenvalue weighted by atomic mass is 10.1. The van der Waals surface area contributed by atoms with E-state index in [-0.39, 0.29) is 6.10 Å². The van der Waals surface area contributed by atoms with Gasteiger partial charge >= 0.3 is 0 Å². The Balaban J connectivity index is 1.35. The predicted molar refractivity (Wildman–Crippen MR) is 120 cm³/mol. The molecule has 32 heavy (non-hydrogen) atoms. The standard InChI is InChI=1S/C23H25N5O3S/c1-14-15(2)28(12-18-10-7-11-29-18)23(24-14)32-13-19-25-26-22(30-19)20-16(3)31-27-21(20)17-8-5-4-6-9-17/h4-6,8-9,18H,7,10-13H2,1-3H3. The van der Waals surface area contributed by atoms with E-state index in [2.05, 4.69) is 26.8 Å². The van der Waals surface area contributed by atoms with Crippen LogP contribution in [0.2, 0.25) is 0 Å². The summed E-state index contributed by atoms with van der Waals surface area (Å²) in [6, 6.07) is 9.84. The zero-order chi connectivity index (χ0) is 22.1. The third-order valence-electron chi connectivity index (χ3n) is 5.75. The van der Waals surface area contributed by atoms with Gasteiger partial charge in [0.1, 0.15) is 17.0 Å². The summed E-state index contributed by atoms with van der Waals surface area (Å²) in [5.74, 6) is 2.12. The van der Waals surface area contributed by atoms with E-state index in [9.17, 15) is 0 Å². The Kier molecular flexibility index (Phi) is 5.84. The molecule has 0 spiro atoms. The number of hydrogen-bond acceptors (Lipinski definition) is 8. The SMILES string of the molecule is Cc1nc(SCc2nnc(-c3c(-c4ccccc4)noc3C)o2)n(CC2CCCO2)c1C. The van der Waals surface area contributed by atoms with Crippen LogP contribution in [0.3, 0.4) is 0 Å². The highest BCUT2D eigenvalue weighted by Crippen LogP contribution is 2.34. The van der Waals surface area contributed by atoms with Crippen molar-refractivity contribution in [1.82, 2.24) is 24.9 Å². The van der Waals surface area contributed by atoms with Crippen molar-refractivity contribution in [1.29, 1.82) is 0 Å². The van der Waals surface area contributed by atoms with Crippen LogP contribution < -0.4 is 0 Å². The van der Waals surface area contributed by atoms with Gasteiger partial charge in [0.2, 0.25) is 5.89 Å². The van der Waals surface area contributed by atoms with Gasteiger partial charge in [-0.1, -0.05) is 47.3 Å². The maximum absolute atomic E-state index is 6.00. The average molecular weight is 452 g/mol. The maximum Gasteiger partial charge on any atom is 0.253 e. The lowest BCUT2D eigenvalue weighted by molar-refractivity contribution is 0.0945. The summed E-state index contributed by atoms with van der Waals surface area (Å²) in [5.41, 5.74) is 4.57. The summed E-state index contributed by atoms with van der Waals surface area (Å²) in [4.78, 5) is 4.75. The highest BCUT2D eigenvalue weighted by atomic mass is 32.2. The second-order valence-corrected chi connectivity index (χ2v) is 8.87. The Hall–Kier alpha value is -2.91. The van der Waals surface area contributed by atoms with E-state index in [1.807, 2.05) is 44.2 Å². The molecule has 0 N–H and O–H groups in total. The van der Waals surface area contributed by atoms with Crippen molar-refractivity contribution in [3.05, 3.63) is 53.4 Å². The van der Waals surface area contributed by atoms with E-state index in [0.29, 0.717) is 29.0 Å². The van der Waals surface area contributed by atoms with Gasteiger partial charge in [0.05, 0.1) is 24.1 Å². The fourth-order valence-corrected chi connectivity index (χ4v) is 4.84. The van der Waals surface area contributed by atoms with Gasteiger partial charge in [-0.2, -0.15) is 0 Å². The number of imidazole rings is 1. The van der Waals surface area contributed by atoms with Gasteiger partial charge in [-0.25, -0.2) is 4.98 Å². The first kappa shape index (κ1) is 21.0. The Morgan fingerprint density at radius 1 is 1.12 bits per heavy atom. The van der Waals surface area contributed by atoms with E-state index < -0.39 is 0 Å². The van der Waals surface area contributed by atoms with Gasteiger partial charge < -0.3 is 18.2 Å². The van der Waals surface area contributed by atoms with E-state index in [4.69, 9.17) is 18.7 Å². The summed E-state index contributed by atoms with van der Waals surface area (Å²) in [6.07, 6.45) is 2.47. The lowest BCUT2D eigenvalue weighted by Gasteiger charge is -2.14. The maximum atomic E-state index is 6.00. The van der Waals surface area contributed by atoms with Crippen LogP contribution in [0.15, 0.2) is 44.4 Å². The molecule has 1 aromatic carbocycles. The minimum atomic E-state index is 0.254. The first-order valence-corrected chi connectivity index (χ1v) is 11.7. The molecule has 1 atom stereocenters. The number of aryl methyl sites for hydroxylation is 2. The van der Waals surface area contributed by atoms with E-state index >= 15 is 0 Å². The molecule has 3 aromatic heterocycles. The van der Waals surface area contributed by atoms with Crippen LogP contribution in [0, 0.1) is 20.8 Å². The number of benzene rings is 1. The molecule has 1 unspecified atom stereocenters. The second-order valence-electron chi connectivity index (χ2n) is 7.93. The number of rotatable bonds is 7. The molecule has 1 saturated heterocycles. The van der Waals surface area contributed by atoms with Gasteiger partial charge in [0, 0.05) is 17.9 Å². The van der Waals surface area contributed by atoms with Crippen LogP contribution in [-0.2, 0) is 17.0 Å². The summed E-state index contributed by atoms with van der Waals surface area (Å²) < 4.78 is 19.5. The number of nitrogens with zero attached hydrogens (tertiary/aromatic N) is 5. The van der Waals surface area contributed by atoms with Crippen molar-refractivity contribution in [2.24, 2.45) is 0 Å². The second kappa shape index (κ2) is 8.91. The lowest BCUT2D eigenvalue weighted by Crippen LogP contribution is -2.16. The molecule has 166 valence electrons. The molecule has 0 aliphatic carbocycles. The smallest absolute Gasteiger partial charge is 0.253 e. The van der Waals surface area contributed by atoms with Gasteiger partial charge in [-0.15, -0.1) is 10.2 Å². The van der Waals surface area contributed by atoms with Crippen LogP contribution in [0.1, 0.15) is 35.9 Å². The Labute approximate surface area is 190 Å². The fourth-order valence-electron chi connectivity index (χ4n) is 3.90. The fraction of sp³-hybridized carbons (Fsp3) is 0.391. The molecule has 0 bridgehead atoms. The largest absolute Gasteiger partial charge is 0.420 e. The molecule has 4 heterocycles. The molecule has 4 aromatic rings. The summed E-state index contributed by atoms with van der Waals surface area (Å²) in [7, 11) is 0. The number of ether oxygens (including phenoxy) is 1. The highest BCUT2D eigenvalue weighted by molar-refractivity contribution is 7.98. The number of hydrogen-bond donors (Lipinski definition) is 0. The third-order valence-corrected chi connectivity index (χ3v) is 6.71. The van der Waals surface area contributed by atoms with E-state index in [1.165, 1.54) is 5.69 Å². The Morgan fingerprint density at radius 2 is 1.97 bits per heavy atom. The van der Waals surface area contributed by atoms with Crippen molar-refractivity contribution >= 4 is 11.8 Å². The zero-order valence-corrected chi connectivity index (χ0v) is 19.2. The van der Waals surface area contributed by atoms with Crippen LogP contribution in [0.4, 0.5) is 0 Å². The van der Waals surface area contributed by atoms with Crippen molar-refractivity contribution in [3.8, 4) is 22.7 Å². The first-order chi connectivity index (χ1) is 15.6. The van der Waals surface area contributed by atoms with Crippen molar-refractivity contribution in [3.63, 3.8) is 0 Å². The van der Waals surface area contributed by atoms with Crippen LogP contribution >= 0.6 is 11.8 Å². The van der Waals surface area contributed by atoms with Gasteiger partial charge in [0.25, 0.3) is 5.89 Å². The topological polar surface area (TPSA) is 92.0 Å². The first-order valence-electron chi connectivity index (χ1n) is 10.7. The molecule has 5 rings (SSSR count). The molecule has 8 nitrogen and oxygen atoms in total. The molecule has 1 aliphatic rings. The molecule has 0 radical (unpaired) electrons. The normalized spacial score (nSPS) is 16.2. The van der Waals surface area contributed by atoms with E-state index in [1.54, 1.807) is 11.8 Å². The predicted octanol–water partition coefficient (Wildman–Crippen LogP) is 4.98. The average Bonchev–Trinajstić information content (AvgIpc) is 3.59. The zero-order valence-electron chi connectivity index (χ0n) is 18.4. The molecule has 0 saturated carbocycles. The number of thioether (sulfide) groups is 1. The van der Waals surface area contributed by atoms with E-state index in [0.717, 1.165) is 48.0 Å². The molecule has 1 aliphatic heterocycles. The summed E-state index contributed by atoms with van der Waals surface area (Å²) >= 11 is 1.59. The monoisotopic (exact) mass is 451 g/mol. The van der Waals surface area contributed by atoms with Gasteiger partial charge in [0.15, 0.2) is 5.16 Å². The van der Waals surface area contributed by atoms with Gasteiger partial charge in [-0.3, -0.25) is 0 Å². The van der Waals surface area contributed by atoms with Crippen LogP contribution in [0.25, 0.3) is 22.7 Å². The Morgan fingerprint density at radius 3 is 2.75 bits per heavy atom. The minimum Gasteiger partial charge on any atom is -0.420 e. The minimum absolute atomic E-state index is 0.254. The molecule has 9 heteroatoms.